The van der Waals surface area contributed by atoms with Crippen LogP contribution in [0.3, 0.4) is 0 Å². The van der Waals surface area contributed by atoms with Crippen molar-refractivity contribution in [3.8, 4) is 0 Å². The number of nitrogens with one attached hydrogen (secondary N) is 2. The number of urea groups is 1. The van der Waals surface area contributed by atoms with E-state index in [9.17, 15) is 18.0 Å². The second-order valence-electron chi connectivity index (χ2n) is 9.41. The van der Waals surface area contributed by atoms with Crippen molar-refractivity contribution in [2.45, 2.75) is 11.8 Å². The predicted octanol–water partition coefficient (Wildman–Crippen LogP) is 4.82. The lowest BCUT2D eigenvalue weighted by molar-refractivity contribution is -0.116. The van der Waals surface area contributed by atoms with E-state index in [-0.39, 0.29) is 24.0 Å². The molecular formula is C29H32ClN5O4S. The quantitative estimate of drug-likeness (QED) is 0.353. The van der Waals surface area contributed by atoms with Gasteiger partial charge < -0.3 is 20.4 Å². The highest BCUT2D eigenvalue weighted by molar-refractivity contribution is 7.89. The van der Waals surface area contributed by atoms with Crippen LogP contribution in [0.5, 0.6) is 0 Å². The minimum absolute atomic E-state index is 0.0215. The summed E-state index contributed by atoms with van der Waals surface area (Å²) in [6.07, 6.45) is 1.43. The first-order valence-electron chi connectivity index (χ1n) is 12.8. The molecule has 40 heavy (non-hydrogen) atoms. The fourth-order valence-corrected chi connectivity index (χ4v) is 5.85. The largest absolute Gasteiger partial charge is 0.368 e. The third kappa shape index (κ3) is 7.41. The number of nitrogens with zero attached hydrogens (tertiary/aromatic N) is 3. The van der Waals surface area contributed by atoms with Gasteiger partial charge >= 0.3 is 6.03 Å². The molecule has 2 N–H and O–H groups in total. The van der Waals surface area contributed by atoms with Crippen LogP contribution < -0.4 is 15.5 Å². The van der Waals surface area contributed by atoms with Crippen LogP contribution in [0.15, 0.2) is 90.3 Å². The van der Waals surface area contributed by atoms with Crippen LogP contribution in [0.25, 0.3) is 0 Å². The Labute approximate surface area is 240 Å². The van der Waals surface area contributed by atoms with E-state index in [4.69, 9.17) is 11.6 Å². The molecule has 0 aliphatic carbocycles. The van der Waals surface area contributed by atoms with Crippen LogP contribution >= 0.6 is 11.6 Å². The van der Waals surface area contributed by atoms with Gasteiger partial charge in [-0.05, 0) is 73.2 Å². The van der Waals surface area contributed by atoms with Gasteiger partial charge in [0, 0.05) is 54.8 Å². The van der Waals surface area contributed by atoms with Crippen molar-refractivity contribution in [1.82, 2.24) is 9.21 Å². The van der Waals surface area contributed by atoms with Crippen LogP contribution in [-0.4, -0.2) is 68.8 Å². The number of carbonyl (C=O) groups is 2. The molecule has 0 atom stereocenters. The number of amides is 3. The van der Waals surface area contributed by atoms with Crippen molar-refractivity contribution >= 4 is 50.6 Å². The van der Waals surface area contributed by atoms with Gasteiger partial charge in [-0.15, -0.1) is 6.58 Å². The van der Waals surface area contributed by atoms with Gasteiger partial charge in [0.2, 0.25) is 15.9 Å². The number of halogens is 1. The average Bonchev–Trinajstić information content (AvgIpc) is 2.93. The minimum atomic E-state index is -3.92. The Morgan fingerprint density at radius 1 is 0.950 bits per heavy atom. The van der Waals surface area contributed by atoms with E-state index in [1.54, 1.807) is 17.0 Å². The predicted molar refractivity (Wildman–Crippen MR) is 159 cm³/mol. The van der Waals surface area contributed by atoms with Crippen molar-refractivity contribution in [2.75, 3.05) is 54.8 Å². The number of anilines is 3. The summed E-state index contributed by atoms with van der Waals surface area (Å²) in [5.41, 5.74) is 3.38. The first kappa shape index (κ1) is 29.1. The fraction of sp³-hybridized carbons (Fsp3) is 0.241. The van der Waals surface area contributed by atoms with Crippen molar-refractivity contribution < 1.29 is 18.0 Å². The number of aryl methyl sites for hydroxylation is 1. The molecule has 9 nitrogen and oxygen atoms in total. The van der Waals surface area contributed by atoms with Crippen LogP contribution in [0.1, 0.15) is 5.56 Å². The number of hydrogen-bond donors (Lipinski definition) is 2. The Morgan fingerprint density at radius 3 is 2.25 bits per heavy atom. The highest BCUT2D eigenvalue weighted by Crippen LogP contribution is 2.22. The van der Waals surface area contributed by atoms with Gasteiger partial charge in [-0.3, -0.25) is 4.79 Å². The lowest BCUT2D eigenvalue weighted by Gasteiger charge is -2.36. The number of hydrogen-bond acceptors (Lipinski definition) is 5. The lowest BCUT2D eigenvalue weighted by atomic mass is 10.2. The molecule has 0 radical (unpaired) electrons. The van der Waals surface area contributed by atoms with Gasteiger partial charge in [0.15, 0.2) is 0 Å². The lowest BCUT2D eigenvalue weighted by Crippen LogP contribution is -2.50. The maximum Gasteiger partial charge on any atom is 0.321 e. The Morgan fingerprint density at radius 2 is 1.62 bits per heavy atom. The van der Waals surface area contributed by atoms with Gasteiger partial charge in [0.25, 0.3) is 0 Å². The normalized spacial score (nSPS) is 13.7. The topological polar surface area (TPSA) is 102 Å². The first-order valence-corrected chi connectivity index (χ1v) is 14.6. The van der Waals surface area contributed by atoms with Crippen molar-refractivity contribution in [3.63, 3.8) is 0 Å². The van der Waals surface area contributed by atoms with Gasteiger partial charge in [-0.2, -0.15) is 4.31 Å². The zero-order valence-electron chi connectivity index (χ0n) is 22.2. The van der Waals surface area contributed by atoms with Gasteiger partial charge in [0.05, 0.1) is 11.4 Å². The maximum absolute atomic E-state index is 13.0. The van der Waals surface area contributed by atoms with Crippen molar-refractivity contribution in [3.05, 3.63) is 96.0 Å². The van der Waals surface area contributed by atoms with E-state index in [0.717, 1.165) is 21.2 Å². The standard InChI is InChI=1S/C29H32ClN5O4S/c1-3-15-35(40(38,39)27-13-7-23(30)8-14-27)21-28(36)31-24-9-11-26(12-10-24)33-16-18-34(19-17-33)29(37)32-25-6-4-5-22(2)20-25/h3-14,20H,1,15-19,21H2,2H3,(H,31,36)(H,32,37). The average molecular weight is 582 g/mol. The Kier molecular flexibility index (Phi) is 9.46. The highest BCUT2D eigenvalue weighted by atomic mass is 35.5. The molecule has 11 heteroatoms. The van der Waals surface area contributed by atoms with Gasteiger partial charge in [-0.25, -0.2) is 13.2 Å². The minimum Gasteiger partial charge on any atom is -0.368 e. The van der Waals surface area contributed by atoms with Crippen LogP contribution in [0.2, 0.25) is 5.02 Å². The molecule has 3 amide bonds. The smallest absolute Gasteiger partial charge is 0.321 e. The van der Waals surface area contributed by atoms with E-state index < -0.39 is 15.9 Å². The number of carbonyl (C=O) groups excluding carboxylic acids is 2. The Bertz CT molecular complexity index is 1450. The summed E-state index contributed by atoms with van der Waals surface area (Å²) in [5, 5.41) is 6.13. The molecule has 0 bridgehead atoms. The van der Waals surface area contributed by atoms with E-state index >= 15 is 0 Å². The summed E-state index contributed by atoms with van der Waals surface area (Å²) in [5.74, 6) is -0.472. The van der Waals surface area contributed by atoms with E-state index in [2.05, 4.69) is 22.1 Å². The summed E-state index contributed by atoms with van der Waals surface area (Å²) >= 11 is 5.88. The molecule has 0 unspecified atom stereocenters. The van der Waals surface area contributed by atoms with Gasteiger partial charge in [0.1, 0.15) is 0 Å². The summed E-state index contributed by atoms with van der Waals surface area (Å²) in [7, 11) is -3.92. The van der Waals surface area contributed by atoms with Crippen LogP contribution in [-0.2, 0) is 14.8 Å². The monoisotopic (exact) mass is 581 g/mol. The molecule has 0 spiro atoms. The highest BCUT2D eigenvalue weighted by Gasteiger charge is 2.26. The van der Waals surface area contributed by atoms with Crippen molar-refractivity contribution in [2.24, 2.45) is 0 Å². The molecular weight excluding hydrogens is 550 g/mol. The molecule has 1 heterocycles. The van der Waals surface area contributed by atoms with Crippen LogP contribution in [0, 0.1) is 6.92 Å². The Balaban J connectivity index is 1.30. The molecule has 3 aromatic carbocycles. The third-order valence-electron chi connectivity index (χ3n) is 6.46. The molecule has 1 aliphatic heterocycles. The SMILES string of the molecule is C=CCN(CC(=O)Nc1ccc(N2CCN(C(=O)Nc3cccc(C)c3)CC2)cc1)S(=O)(=O)c1ccc(Cl)cc1. The van der Waals surface area contributed by atoms with Crippen LogP contribution in [0.4, 0.5) is 21.9 Å². The molecule has 0 aromatic heterocycles. The first-order chi connectivity index (χ1) is 19.2. The molecule has 1 fully saturated rings. The summed E-state index contributed by atoms with van der Waals surface area (Å²) < 4.78 is 27.1. The molecule has 210 valence electrons. The third-order valence-corrected chi connectivity index (χ3v) is 8.53. The Hall–Kier alpha value is -3.86. The van der Waals surface area contributed by atoms with Crippen molar-refractivity contribution in [1.29, 1.82) is 0 Å². The molecule has 3 aromatic rings. The zero-order chi connectivity index (χ0) is 28.7. The summed E-state index contributed by atoms with van der Waals surface area (Å²) in [6, 6.07) is 20.7. The van der Waals surface area contributed by atoms with Gasteiger partial charge in [-0.1, -0.05) is 29.8 Å². The molecule has 0 saturated carbocycles. The summed E-state index contributed by atoms with van der Waals surface area (Å²) in [4.78, 5) is 29.4. The second kappa shape index (κ2) is 13.0. The second-order valence-corrected chi connectivity index (χ2v) is 11.8. The van der Waals surface area contributed by atoms with E-state index in [1.807, 2.05) is 43.3 Å². The number of sulfonamides is 1. The maximum atomic E-state index is 13.0. The van der Waals surface area contributed by atoms with E-state index in [1.165, 1.54) is 30.3 Å². The summed E-state index contributed by atoms with van der Waals surface area (Å²) in [6.45, 7) is 7.71. The zero-order valence-corrected chi connectivity index (χ0v) is 23.8. The molecule has 1 aliphatic rings. The fourth-order valence-electron chi connectivity index (χ4n) is 4.36. The molecule has 1 saturated heterocycles. The number of piperazine rings is 1. The van der Waals surface area contributed by atoms with E-state index in [0.29, 0.717) is 36.9 Å². The number of rotatable bonds is 9. The number of benzene rings is 3. The molecule has 4 rings (SSSR count).